The molecule has 0 aliphatic heterocycles. The van der Waals surface area contributed by atoms with Gasteiger partial charge >= 0.3 is 6.03 Å². The first-order valence-electron chi connectivity index (χ1n) is 5.52. The molecule has 0 aliphatic carbocycles. The van der Waals surface area contributed by atoms with Crippen LogP contribution in [0, 0.1) is 0 Å². The molecular formula is C12H16ClN3O2. The second-order valence-corrected chi connectivity index (χ2v) is 4.45. The van der Waals surface area contributed by atoms with Gasteiger partial charge in [-0.15, -0.1) is 0 Å². The highest BCUT2D eigenvalue weighted by Gasteiger charge is 2.17. The van der Waals surface area contributed by atoms with Gasteiger partial charge in [0.1, 0.15) is 0 Å². The van der Waals surface area contributed by atoms with E-state index in [1.54, 1.807) is 13.0 Å². The average Bonchev–Trinajstić information content (AvgIpc) is 2.27. The molecule has 0 spiro atoms. The molecule has 1 aromatic carbocycles. The summed E-state index contributed by atoms with van der Waals surface area (Å²) in [5, 5.41) is 5.71. The van der Waals surface area contributed by atoms with E-state index >= 15 is 0 Å². The van der Waals surface area contributed by atoms with Gasteiger partial charge in [0.05, 0.1) is 6.04 Å². The van der Waals surface area contributed by atoms with Gasteiger partial charge < -0.3 is 5.73 Å². The summed E-state index contributed by atoms with van der Waals surface area (Å²) < 4.78 is 0. The Balaban J connectivity index is 2.61. The maximum absolute atomic E-state index is 11.5. The van der Waals surface area contributed by atoms with E-state index in [1.165, 1.54) is 0 Å². The van der Waals surface area contributed by atoms with E-state index in [4.69, 9.17) is 17.3 Å². The third-order valence-corrected chi connectivity index (χ3v) is 2.72. The molecule has 1 aromatic rings. The van der Waals surface area contributed by atoms with E-state index < -0.39 is 18.0 Å². The van der Waals surface area contributed by atoms with Gasteiger partial charge in [-0.2, -0.15) is 0 Å². The van der Waals surface area contributed by atoms with Gasteiger partial charge in [-0.3, -0.25) is 15.4 Å². The van der Waals surface area contributed by atoms with Crippen molar-refractivity contribution >= 4 is 23.5 Å². The fourth-order valence-electron chi connectivity index (χ4n) is 1.55. The highest BCUT2D eigenvalue weighted by molar-refractivity contribution is 6.30. The molecule has 2 atom stereocenters. The minimum atomic E-state index is -0.857. The van der Waals surface area contributed by atoms with Crippen LogP contribution in [-0.2, 0) is 4.79 Å². The fourth-order valence-corrected chi connectivity index (χ4v) is 1.75. The predicted molar refractivity (Wildman–Crippen MR) is 70.2 cm³/mol. The predicted octanol–water partition coefficient (Wildman–Crippen LogP) is 1.57. The Kier molecular flexibility index (Phi) is 5.12. The van der Waals surface area contributed by atoms with Gasteiger partial charge in [0.2, 0.25) is 5.91 Å². The summed E-state index contributed by atoms with van der Waals surface area (Å²) in [6, 6.07) is 5.87. The number of carbonyl (C=O) groups is 2. The van der Waals surface area contributed by atoms with Crippen LogP contribution in [0.15, 0.2) is 24.3 Å². The number of hydrogen-bond donors (Lipinski definition) is 3. The first kappa shape index (κ1) is 14.5. The standard InChI is InChI=1S/C12H16ClN3O2/c1-7(9-4-3-5-10(13)6-9)15-8(2)11(17)16-12(14)18/h3-8,15H,1-2H3,(H3,14,16,17,18). The molecule has 0 saturated heterocycles. The lowest BCUT2D eigenvalue weighted by Crippen LogP contribution is -2.47. The Labute approximate surface area is 111 Å². The number of imide groups is 1. The van der Waals surface area contributed by atoms with Crippen molar-refractivity contribution < 1.29 is 9.59 Å². The Morgan fingerprint density at radius 1 is 1.33 bits per heavy atom. The average molecular weight is 270 g/mol. The van der Waals surface area contributed by atoms with E-state index in [0.717, 1.165) is 5.56 Å². The highest BCUT2D eigenvalue weighted by Crippen LogP contribution is 2.17. The van der Waals surface area contributed by atoms with Crippen LogP contribution in [-0.4, -0.2) is 18.0 Å². The summed E-state index contributed by atoms with van der Waals surface area (Å²) in [6.07, 6.45) is 0. The van der Waals surface area contributed by atoms with Crippen molar-refractivity contribution in [3.05, 3.63) is 34.9 Å². The van der Waals surface area contributed by atoms with Crippen molar-refractivity contribution in [2.45, 2.75) is 25.9 Å². The molecule has 6 heteroatoms. The minimum Gasteiger partial charge on any atom is -0.351 e. The number of nitrogens with one attached hydrogen (secondary N) is 2. The lowest BCUT2D eigenvalue weighted by Gasteiger charge is -2.19. The van der Waals surface area contributed by atoms with E-state index in [1.807, 2.05) is 30.4 Å². The molecule has 0 saturated carbocycles. The molecule has 5 nitrogen and oxygen atoms in total. The normalized spacial score (nSPS) is 13.7. The van der Waals surface area contributed by atoms with Gasteiger partial charge in [0.25, 0.3) is 0 Å². The molecule has 3 amide bonds. The zero-order valence-electron chi connectivity index (χ0n) is 10.2. The molecule has 2 unspecified atom stereocenters. The first-order valence-corrected chi connectivity index (χ1v) is 5.89. The molecule has 18 heavy (non-hydrogen) atoms. The minimum absolute atomic E-state index is 0.0719. The third-order valence-electron chi connectivity index (χ3n) is 2.49. The van der Waals surface area contributed by atoms with Crippen molar-refractivity contribution in [3.8, 4) is 0 Å². The highest BCUT2D eigenvalue weighted by atomic mass is 35.5. The van der Waals surface area contributed by atoms with Gasteiger partial charge in [-0.05, 0) is 31.5 Å². The summed E-state index contributed by atoms with van der Waals surface area (Å²) in [4.78, 5) is 22.0. The van der Waals surface area contributed by atoms with Crippen LogP contribution in [0.25, 0.3) is 0 Å². The second-order valence-electron chi connectivity index (χ2n) is 4.02. The van der Waals surface area contributed by atoms with E-state index in [0.29, 0.717) is 5.02 Å². The number of halogens is 1. The lowest BCUT2D eigenvalue weighted by atomic mass is 10.1. The number of carbonyl (C=O) groups excluding carboxylic acids is 2. The first-order chi connectivity index (χ1) is 8.40. The maximum Gasteiger partial charge on any atom is 0.318 e. The third kappa shape index (κ3) is 4.35. The monoisotopic (exact) mass is 269 g/mol. The molecule has 98 valence electrons. The number of urea groups is 1. The number of rotatable bonds is 4. The van der Waals surface area contributed by atoms with Crippen molar-refractivity contribution in [2.75, 3.05) is 0 Å². The number of hydrogen-bond acceptors (Lipinski definition) is 3. The van der Waals surface area contributed by atoms with Crippen molar-refractivity contribution in [1.29, 1.82) is 0 Å². The van der Waals surface area contributed by atoms with Crippen molar-refractivity contribution in [1.82, 2.24) is 10.6 Å². The number of benzene rings is 1. The van der Waals surface area contributed by atoms with Gasteiger partial charge in [-0.25, -0.2) is 4.79 Å². The molecule has 0 radical (unpaired) electrons. The summed E-state index contributed by atoms with van der Waals surface area (Å²) in [6.45, 7) is 3.55. The van der Waals surface area contributed by atoms with E-state index in [9.17, 15) is 9.59 Å². The van der Waals surface area contributed by atoms with Crippen molar-refractivity contribution in [2.24, 2.45) is 5.73 Å². The zero-order chi connectivity index (χ0) is 13.7. The molecule has 0 heterocycles. The molecule has 0 bridgehead atoms. The molecule has 1 rings (SSSR count). The molecule has 0 aromatic heterocycles. The van der Waals surface area contributed by atoms with Crippen LogP contribution in [0.4, 0.5) is 4.79 Å². The summed E-state index contributed by atoms with van der Waals surface area (Å²) in [5.41, 5.74) is 5.84. The molecule has 0 fully saturated rings. The van der Waals surface area contributed by atoms with Gasteiger partial charge in [-0.1, -0.05) is 23.7 Å². The largest absolute Gasteiger partial charge is 0.351 e. The molecule has 0 aliphatic rings. The van der Waals surface area contributed by atoms with Crippen LogP contribution in [0.1, 0.15) is 25.5 Å². The lowest BCUT2D eigenvalue weighted by molar-refractivity contribution is -0.121. The molecule has 4 N–H and O–H groups in total. The van der Waals surface area contributed by atoms with E-state index in [-0.39, 0.29) is 6.04 Å². The van der Waals surface area contributed by atoms with Crippen LogP contribution in [0.3, 0.4) is 0 Å². The SMILES string of the molecule is CC(NC(C)c1cccc(Cl)c1)C(=O)NC(N)=O. The maximum atomic E-state index is 11.5. The molecular weight excluding hydrogens is 254 g/mol. The summed E-state index contributed by atoms with van der Waals surface area (Å²) in [7, 11) is 0. The fraction of sp³-hybridized carbons (Fsp3) is 0.333. The Morgan fingerprint density at radius 3 is 2.56 bits per heavy atom. The topological polar surface area (TPSA) is 84.2 Å². The Bertz CT molecular complexity index is 451. The number of amides is 3. The van der Waals surface area contributed by atoms with Crippen LogP contribution in [0.5, 0.6) is 0 Å². The second kappa shape index (κ2) is 6.37. The van der Waals surface area contributed by atoms with Gasteiger partial charge in [0.15, 0.2) is 0 Å². The summed E-state index contributed by atoms with van der Waals surface area (Å²) >= 11 is 5.89. The van der Waals surface area contributed by atoms with E-state index in [2.05, 4.69) is 5.32 Å². The smallest absolute Gasteiger partial charge is 0.318 e. The summed E-state index contributed by atoms with van der Waals surface area (Å²) in [5.74, 6) is -0.462. The van der Waals surface area contributed by atoms with Crippen LogP contribution < -0.4 is 16.4 Å². The van der Waals surface area contributed by atoms with Crippen LogP contribution >= 0.6 is 11.6 Å². The van der Waals surface area contributed by atoms with Crippen LogP contribution in [0.2, 0.25) is 5.02 Å². The Hall–Kier alpha value is -1.59. The number of primary amides is 1. The number of nitrogens with two attached hydrogens (primary N) is 1. The van der Waals surface area contributed by atoms with Crippen molar-refractivity contribution in [3.63, 3.8) is 0 Å². The quantitative estimate of drug-likeness (QED) is 0.776. The zero-order valence-corrected chi connectivity index (χ0v) is 11.0. The Morgan fingerprint density at radius 2 is 2.00 bits per heavy atom. The van der Waals surface area contributed by atoms with Gasteiger partial charge in [0, 0.05) is 11.1 Å².